The van der Waals surface area contributed by atoms with Crippen molar-refractivity contribution in [1.29, 1.82) is 0 Å². The number of allylic oxidation sites excluding steroid dienone is 3. The molecule has 2 heteroatoms. The average molecular weight is 158 g/mol. The molecule has 0 N–H and O–H groups in total. The lowest BCUT2D eigenvalue weighted by molar-refractivity contribution is 1.33. The molecule has 0 saturated carbocycles. The third-order valence-electron chi connectivity index (χ3n) is 0.976. The first-order valence-corrected chi connectivity index (χ1v) is 3.65. The van der Waals surface area contributed by atoms with Crippen molar-refractivity contribution in [2.75, 3.05) is 5.88 Å². The van der Waals surface area contributed by atoms with Crippen molar-refractivity contribution in [2.45, 2.75) is 13.8 Å². The van der Waals surface area contributed by atoms with Gasteiger partial charge in [-0.1, -0.05) is 12.7 Å². The topological polar surface area (TPSA) is 12.4 Å². The Balaban J connectivity index is 3.98. The van der Waals surface area contributed by atoms with Crippen LogP contribution in [0, 0.1) is 0 Å². The van der Waals surface area contributed by atoms with Crippen LogP contribution in [0.25, 0.3) is 0 Å². The highest BCUT2D eigenvalue weighted by molar-refractivity contribution is 6.21. The zero-order valence-electron chi connectivity index (χ0n) is 6.39. The van der Waals surface area contributed by atoms with Gasteiger partial charge in [0.15, 0.2) is 0 Å². The van der Waals surface area contributed by atoms with Crippen molar-refractivity contribution >= 4 is 17.8 Å². The summed E-state index contributed by atoms with van der Waals surface area (Å²) in [5.41, 5.74) is 1.81. The normalized spacial score (nSPS) is 12.5. The Bertz CT molecular complexity index is 168. The Morgan fingerprint density at radius 3 is 2.60 bits per heavy atom. The molecule has 0 aromatic rings. The molecule has 0 aliphatic rings. The fourth-order valence-electron chi connectivity index (χ4n) is 0.379. The van der Waals surface area contributed by atoms with Crippen LogP contribution in [0.2, 0.25) is 0 Å². The molecule has 0 rings (SSSR count). The Labute approximate surface area is 67.1 Å². The molecule has 0 bridgehead atoms. The van der Waals surface area contributed by atoms with Gasteiger partial charge in [-0.15, -0.1) is 11.6 Å². The van der Waals surface area contributed by atoms with Crippen LogP contribution in [0.1, 0.15) is 13.8 Å². The molecule has 0 aliphatic heterocycles. The zero-order valence-corrected chi connectivity index (χ0v) is 7.15. The van der Waals surface area contributed by atoms with E-state index in [-0.39, 0.29) is 0 Å². The highest BCUT2D eigenvalue weighted by atomic mass is 35.5. The first-order chi connectivity index (χ1) is 4.70. The van der Waals surface area contributed by atoms with E-state index in [9.17, 15) is 0 Å². The quantitative estimate of drug-likeness (QED) is 0.441. The number of hydrogen-bond acceptors (Lipinski definition) is 1. The molecule has 1 nitrogen and oxygen atoms in total. The van der Waals surface area contributed by atoms with Crippen molar-refractivity contribution in [1.82, 2.24) is 0 Å². The lowest BCUT2D eigenvalue weighted by atomic mass is 10.3. The van der Waals surface area contributed by atoms with Gasteiger partial charge in [0.2, 0.25) is 0 Å². The van der Waals surface area contributed by atoms with Crippen LogP contribution in [0.4, 0.5) is 0 Å². The highest BCUT2D eigenvalue weighted by Crippen LogP contribution is 1.95. The second-order valence-corrected chi connectivity index (χ2v) is 2.26. The summed E-state index contributed by atoms with van der Waals surface area (Å²) >= 11 is 5.56. The van der Waals surface area contributed by atoms with E-state index >= 15 is 0 Å². The summed E-state index contributed by atoms with van der Waals surface area (Å²) in [7, 11) is 0. The summed E-state index contributed by atoms with van der Waals surface area (Å²) in [6, 6.07) is 0. The van der Waals surface area contributed by atoms with Crippen LogP contribution in [0.15, 0.2) is 28.9 Å². The smallest absolute Gasteiger partial charge is 0.0486 e. The summed E-state index contributed by atoms with van der Waals surface area (Å²) in [6.45, 7) is 7.41. The fraction of sp³-hybridized carbons (Fsp3) is 0.375. The van der Waals surface area contributed by atoms with Gasteiger partial charge in [0, 0.05) is 17.8 Å². The van der Waals surface area contributed by atoms with Crippen LogP contribution in [0.3, 0.4) is 0 Å². The number of rotatable bonds is 3. The van der Waals surface area contributed by atoms with Crippen LogP contribution >= 0.6 is 11.6 Å². The van der Waals surface area contributed by atoms with Gasteiger partial charge in [0.05, 0.1) is 0 Å². The molecule has 0 aromatic carbocycles. The van der Waals surface area contributed by atoms with E-state index in [1.165, 1.54) is 0 Å². The molecule has 0 unspecified atom stereocenters. The fourth-order valence-corrected chi connectivity index (χ4v) is 0.603. The second kappa shape index (κ2) is 5.24. The van der Waals surface area contributed by atoms with Crippen LogP contribution in [0.5, 0.6) is 0 Å². The summed E-state index contributed by atoms with van der Waals surface area (Å²) in [4.78, 5) is 3.99. The molecule has 0 fully saturated rings. The molecule has 0 atom stereocenters. The summed E-state index contributed by atoms with van der Waals surface area (Å²) in [5.74, 6) is 0.507. The minimum atomic E-state index is 0.507. The Hall–Kier alpha value is -0.560. The molecule has 0 heterocycles. The number of alkyl halides is 1. The monoisotopic (exact) mass is 157 g/mol. The SMILES string of the molecule is C=C(C)N=C/C(=C\C)CCl. The maximum atomic E-state index is 5.56. The van der Waals surface area contributed by atoms with Crippen molar-refractivity contribution in [3.05, 3.63) is 23.9 Å². The van der Waals surface area contributed by atoms with Gasteiger partial charge >= 0.3 is 0 Å². The minimum Gasteiger partial charge on any atom is -0.262 e. The van der Waals surface area contributed by atoms with Gasteiger partial charge in [-0.2, -0.15) is 0 Å². The summed E-state index contributed by atoms with van der Waals surface area (Å²) < 4.78 is 0. The van der Waals surface area contributed by atoms with E-state index in [4.69, 9.17) is 11.6 Å². The molecule has 0 aromatic heterocycles. The van der Waals surface area contributed by atoms with Gasteiger partial charge in [-0.25, -0.2) is 0 Å². The van der Waals surface area contributed by atoms with E-state index in [1.807, 2.05) is 19.9 Å². The molecule has 0 spiro atoms. The van der Waals surface area contributed by atoms with Gasteiger partial charge in [-0.05, 0) is 19.4 Å². The van der Waals surface area contributed by atoms with E-state index in [1.54, 1.807) is 6.21 Å². The lowest BCUT2D eigenvalue weighted by Gasteiger charge is -1.91. The molecule has 56 valence electrons. The lowest BCUT2D eigenvalue weighted by Crippen LogP contribution is -1.84. The van der Waals surface area contributed by atoms with E-state index in [0.29, 0.717) is 5.88 Å². The third-order valence-corrected chi connectivity index (χ3v) is 1.28. The second-order valence-electron chi connectivity index (χ2n) is 1.99. The predicted molar refractivity (Wildman–Crippen MR) is 47.8 cm³/mol. The molecule has 0 amide bonds. The number of aliphatic imine (C=N–C) groups is 1. The maximum absolute atomic E-state index is 5.56. The van der Waals surface area contributed by atoms with Crippen LogP contribution < -0.4 is 0 Å². The van der Waals surface area contributed by atoms with Gasteiger partial charge < -0.3 is 0 Å². The van der Waals surface area contributed by atoms with Crippen LogP contribution in [-0.2, 0) is 0 Å². The molecule has 0 radical (unpaired) electrons. The molecule has 10 heavy (non-hydrogen) atoms. The van der Waals surface area contributed by atoms with Gasteiger partial charge in [0.25, 0.3) is 0 Å². The zero-order chi connectivity index (χ0) is 7.98. The van der Waals surface area contributed by atoms with E-state index in [2.05, 4.69) is 11.6 Å². The van der Waals surface area contributed by atoms with Crippen molar-refractivity contribution < 1.29 is 0 Å². The van der Waals surface area contributed by atoms with Crippen molar-refractivity contribution in [3.63, 3.8) is 0 Å². The van der Waals surface area contributed by atoms with Crippen molar-refractivity contribution in [2.24, 2.45) is 4.99 Å². The standard InChI is InChI=1S/C8H12ClN/c1-4-8(5-9)6-10-7(2)3/h4,6H,2,5H2,1,3H3/b8-4-,10-6?. The molecular weight excluding hydrogens is 146 g/mol. The Morgan fingerprint density at radius 2 is 2.30 bits per heavy atom. The largest absolute Gasteiger partial charge is 0.262 e. The van der Waals surface area contributed by atoms with E-state index < -0.39 is 0 Å². The summed E-state index contributed by atoms with van der Waals surface area (Å²) in [5, 5.41) is 0. The number of nitrogens with zero attached hydrogens (tertiary/aromatic N) is 1. The average Bonchev–Trinajstić information content (AvgIpc) is 1.90. The minimum absolute atomic E-state index is 0.507. The van der Waals surface area contributed by atoms with Crippen molar-refractivity contribution in [3.8, 4) is 0 Å². The van der Waals surface area contributed by atoms with Crippen LogP contribution in [-0.4, -0.2) is 12.1 Å². The predicted octanol–water partition coefficient (Wildman–Crippen LogP) is 2.78. The Kier molecular flexibility index (Phi) is 4.95. The van der Waals surface area contributed by atoms with Gasteiger partial charge in [-0.3, -0.25) is 4.99 Å². The molecular formula is C8H12ClN. The third kappa shape index (κ3) is 4.33. The number of hydrogen-bond donors (Lipinski definition) is 0. The first kappa shape index (κ1) is 9.44. The molecule has 0 saturated heterocycles. The highest BCUT2D eigenvalue weighted by Gasteiger charge is 1.85. The molecule has 0 aliphatic carbocycles. The maximum Gasteiger partial charge on any atom is 0.0486 e. The first-order valence-electron chi connectivity index (χ1n) is 3.11. The Morgan fingerprint density at radius 1 is 1.70 bits per heavy atom. The summed E-state index contributed by atoms with van der Waals surface area (Å²) in [6.07, 6.45) is 3.66. The number of halogens is 1. The van der Waals surface area contributed by atoms with E-state index in [0.717, 1.165) is 11.3 Å². The van der Waals surface area contributed by atoms with Gasteiger partial charge in [0.1, 0.15) is 0 Å².